The summed E-state index contributed by atoms with van der Waals surface area (Å²) in [6.45, 7) is 1.77. The van der Waals surface area contributed by atoms with Crippen LogP contribution in [0.15, 0.2) is 24.3 Å². The quantitative estimate of drug-likeness (QED) is 0.878. The van der Waals surface area contributed by atoms with Crippen LogP contribution in [-0.4, -0.2) is 36.9 Å². The van der Waals surface area contributed by atoms with Crippen molar-refractivity contribution in [3.05, 3.63) is 35.4 Å². The molecule has 120 valence electrons. The molecule has 0 radical (unpaired) electrons. The molecule has 1 amide bonds. The van der Waals surface area contributed by atoms with Gasteiger partial charge in [0.15, 0.2) is 0 Å². The predicted molar refractivity (Wildman–Crippen MR) is 84.9 cm³/mol. The van der Waals surface area contributed by atoms with E-state index in [0.717, 1.165) is 50.9 Å². The largest absolute Gasteiger partial charge is 0.396 e. The van der Waals surface area contributed by atoms with Crippen molar-refractivity contribution in [1.82, 2.24) is 5.32 Å². The first-order valence-electron chi connectivity index (χ1n) is 8.37. The van der Waals surface area contributed by atoms with Crippen molar-refractivity contribution in [2.45, 2.75) is 44.1 Å². The number of benzene rings is 1. The van der Waals surface area contributed by atoms with Crippen LogP contribution in [0.4, 0.5) is 0 Å². The predicted octanol–water partition coefficient (Wildman–Crippen LogP) is 2.47. The average Bonchev–Trinajstić information content (AvgIpc) is 3.20. The van der Waals surface area contributed by atoms with Crippen LogP contribution in [0.25, 0.3) is 0 Å². The van der Waals surface area contributed by atoms with E-state index in [1.807, 2.05) is 18.2 Å². The summed E-state index contributed by atoms with van der Waals surface area (Å²) in [6, 6.07) is 8.14. The van der Waals surface area contributed by atoms with E-state index >= 15 is 0 Å². The van der Waals surface area contributed by atoms with E-state index in [2.05, 4.69) is 11.4 Å². The van der Waals surface area contributed by atoms with E-state index in [4.69, 9.17) is 9.84 Å². The first-order chi connectivity index (χ1) is 10.8. The Bertz CT molecular complexity index is 511. The fourth-order valence-electron chi connectivity index (χ4n) is 3.72. The number of hydrogen-bond acceptors (Lipinski definition) is 3. The van der Waals surface area contributed by atoms with Gasteiger partial charge in [0.25, 0.3) is 5.91 Å². The molecule has 0 spiro atoms. The summed E-state index contributed by atoms with van der Waals surface area (Å²) in [7, 11) is 0. The number of aliphatic hydroxyl groups is 1. The lowest BCUT2D eigenvalue weighted by atomic mass is 9.96. The summed E-state index contributed by atoms with van der Waals surface area (Å²) in [4.78, 5) is 12.5. The average molecular weight is 303 g/mol. The fraction of sp³-hybridized carbons (Fsp3) is 0.611. The number of carbonyl (C=O) groups excluding carboxylic acids is 1. The molecule has 3 rings (SSSR count). The molecule has 1 aliphatic carbocycles. The minimum Gasteiger partial charge on any atom is -0.396 e. The Labute approximate surface area is 131 Å². The van der Waals surface area contributed by atoms with Gasteiger partial charge in [0, 0.05) is 30.7 Å². The molecule has 1 heterocycles. The van der Waals surface area contributed by atoms with Gasteiger partial charge >= 0.3 is 0 Å². The Hall–Kier alpha value is -1.39. The van der Waals surface area contributed by atoms with E-state index < -0.39 is 0 Å². The first kappa shape index (κ1) is 15.5. The topological polar surface area (TPSA) is 58.6 Å². The van der Waals surface area contributed by atoms with Crippen LogP contribution in [0.1, 0.15) is 53.9 Å². The standard InChI is InChI=1S/C18H25NO3/c20-9-7-13-3-2-6-17(13)19-18(21)15-5-1-4-14(11-15)16-8-10-22-12-16/h1,4-5,11,13,16-17,20H,2-3,6-10,12H2,(H,19,21). The first-order valence-corrected chi connectivity index (χ1v) is 8.37. The molecule has 1 saturated carbocycles. The summed E-state index contributed by atoms with van der Waals surface area (Å²) in [5.74, 6) is 0.845. The van der Waals surface area contributed by atoms with Gasteiger partial charge in [-0.2, -0.15) is 0 Å². The normalized spacial score (nSPS) is 28.0. The smallest absolute Gasteiger partial charge is 0.251 e. The molecule has 2 N–H and O–H groups in total. The molecule has 22 heavy (non-hydrogen) atoms. The molecule has 1 saturated heterocycles. The molecule has 1 aromatic rings. The maximum atomic E-state index is 12.5. The van der Waals surface area contributed by atoms with E-state index in [0.29, 0.717) is 11.8 Å². The number of rotatable bonds is 5. The second kappa shape index (κ2) is 7.25. The fourth-order valence-corrected chi connectivity index (χ4v) is 3.72. The van der Waals surface area contributed by atoms with Crippen LogP contribution in [0.5, 0.6) is 0 Å². The molecule has 0 bridgehead atoms. The van der Waals surface area contributed by atoms with E-state index in [1.165, 1.54) is 5.56 Å². The summed E-state index contributed by atoms with van der Waals surface area (Å²) in [5, 5.41) is 12.3. The van der Waals surface area contributed by atoms with Gasteiger partial charge in [0.05, 0.1) is 6.61 Å². The van der Waals surface area contributed by atoms with Gasteiger partial charge in [-0.25, -0.2) is 0 Å². The third-order valence-electron chi connectivity index (χ3n) is 5.03. The monoisotopic (exact) mass is 303 g/mol. The van der Waals surface area contributed by atoms with Gasteiger partial charge in [0.2, 0.25) is 0 Å². The molecule has 0 aromatic heterocycles. The van der Waals surface area contributed by atoms with Crippen LogP contribution in [-0.2, 0) is 4.74 Å². The summed E-state index contributed by atoms with van der Waals surface area (Å²) in [6.07, 6.45) is 5.07. The zero-order valence-corrected chi connectivity index (χ0v) is 13.0. The van der Waals surface area contributed by atoms with Crippen LogP contribution >= 0.6 is 0 Å². The summed E-state index contributed by atoms with van der Waals surface area (Å²) in [5.41, 5.74) is 1.93. The molecule has 3 atom stereocenters. The minimum absolute atomic E-state index is 0.00982. The van der Waals surface area contributed by atoms with Crippen LogP contribution < -0.4 is 5.32 Å². The molecular formula is C18H25NO3. The van der Waals surface area contributed by atoms with Gasteiger partial charge in [0.1, 0.15) is 0 Å². The van der Waals surface area contributed by atoms with Crippen molar-refractivity contribution in [3.8, 4) is 0 Å². The summed E-state index contributed by atoms with van der Waals surface area (Å²) < 4.78 is 5.44. The molecule has 1 aromatic carbocycles. The third kappa shape index (κ3) is 3.50. The zero-order chi connectivity index (χ0) is 15.4. The van der Waals surface area contributed by atoms with Crippen molar-refractivity contribution in [2.75, 3.05) is 19.8 Å². The van der Waals surface area contributed by atoms with Crippen molar-refractivity contribution in [1.29, 1.82) is 0 Å². The molecule has 4 heteroatoms. The third-order valence-corrected chi connectivity index (χ3v) is 5.03. The highest BCUT2D eigenvalue weighted by Gasteiger charge is 2.28. The van der Waals surface area contributed by atoms with Crippen molar-refractivity contribution in [3.63, 3.8) is 0 Å². The van der Waals surface area contributed by atoms with Crippen LogP contribution in [0.2, 0.25) is 0 Å². The maximum absolute atomic E-state index is 12.5. The SMILES string of the molecule is O=C(NC1CCCC1CCO)c1cccc(C2CCOC2)c1. The number of ether oxygens (including phenoxy) is 1. The Kier molecular flexibility index (Phi) is 5.11. The molecule has 3 unspecified atom stereocenters. The molecule has 1 aliphatic heterocycles. The molecule has 2 aliphatic rings. The van der Waals surface area contributed by atoms with Crippen LogP contribution in [0.3, 0.4) is 0 Å². The lowest BCUT2D eigenvalue weighted by Crippen LogP contribution is -2.37. The Morgan fingerprint density at radius 1 is 1.32 bits per heavy atom. The highest BCUT2D eigenvalue weighted by molar-refractivity contribution is 5.94. The van der Waals surface area contributed by atoms with Gasteiger partial charge in [-0.05, 0) is 49.3 Å². The lowest BCUT2D eigenvalue weighted by Gasteiger charge is -2.20. The Balaban J connectivity index is 1.65. The van der Waals surface area contributed by atoms with Gasteiger partial charge < -0.3 is 15.2 Å². The van der Waals surface area contributed by atoms with Crippen molar-refractivity contribution >= 4 is 5.91 Å². The number of amides is 1. The van der Waals surface area contributed by atoms with E-state index in [-0.39, 0.29) is 18.6 Å². The zero-order valence-electron chi connectivity index (χ0n) is 13.0. The van der Waals surface area contributed by atoms with E-state index in [1.54, 1.807) is 0 Å². The second-order valence-electron chi connectivity index (χ2n) is 6.47. The molecular weight excluding hydrogens is 278 g/mol. The molecule has 4 nitrogen and oxygen atoms in total. The Morgan fingerprint density at radius 2 is 2.23 bits per heavy atom. The Morgan fingerprint density at radius 3 is 3.00 bits per heavy atom. The van der Waals surface area contributed by atoms with Crippen molar-refractivity contribution in [2.24, 2.45) is 5.92 Å². The van der Waals surface area contributed by atoms with E-state index in [9.17, 15) is 4.79 Å². The van der Waals surface area contributed by atoms with Gasteiger partial charge in [-0.15, -0.1) is 0 Å². The number of aliphatic hydroxyl groups excluding tert-OH is 1. The summed E-state index contributed by atoms with van der Waals surface area (Å²) >= 11 is 0. The number of carbonyl (C=O) groups is 1. The maximum Gasteiger partial charge on any atom is 0.251 e. The second-order valence-corrected chi connectivity index (χ2v) is 6.47. The number of hydrogen-bond donors (Lipinski definition) is 2. The number of nitrogens with one attached hydrogen (secondary N) is 1. The van der Waals surface area contributed by atoms with Crippen LogP contribution in [0, 0.1) is 5.92 Å². The van der Waals surface area contributed by atoms with Gasteiger partial charge in [-0.3, -0.25) is 4.79 Å². The highest BCUT2D eigenvalue weighted by Crippen LogP contribution is 2.29. The van der Waals surface area contributed by atoms with Gasteiger partial charge in [-0.1, -0.05) is 18.6 Å². The minimum atomic E-state index is 0.00982. The molecule has 2 fully saturated rings. The highest BCUT2D eigenvalue weighted by atomic mass is 16.5. The van der Waals surface area contributed by atoms with Crippen molar-refractivity contribution < 1.29 is 14.6 Å². The lowest BCUT2D eigenvalue weighted by molar-refractivity contribution is 0.0923.